The lowest BCUT2D eigenvalue weighted by Crippen LogP contribution is -2.53. The third kappa shape index (κ3) is 1.84. The summed E-state index contributed by atoms with van der Waals surface area (Å²) in [6.07, 6.45) is 8.83. The number of hydrogen-bond donors (Lipinski definition) is 0. The molecule has 0 unspecified atom stereocenters. The molecule has 0 heterocycles. The monoisotopic (exact) mass is 364 g/mol. The molecule has 4 aliphatic carbocycles. The van der Waals surface area contributed by atoms with Crippen molar-refractivity contribution in [3.8, 4) is 0 Å². The van der Waals surface area contributed by atoms with E-state index in [-0.39, 0.29) is 10.8 Å². The molecule has 2 nitrogen and oxygen atoms in total. The van der Waals surface area contributed by atoms with Crippen molar-refractivity contribution in [1.82, 2.24) is 0 Å². The van der Waals surface area contributed by atoms with Crippen molar-refractivity contribution in [3.05, 3.63) is 11.6 Å². The van der Waals surface area contributed by atoms with Gasteiger partial charge >= 0.3 is 0 Å². The summed E-state index contributed by atoms with van der Waals surface area (Å²) >= 11 is 3.88. The average molecular weight is 365 g/mol. The van der Waals surface area contributed by atoms with E-state index in [4.69, 9.17) is 0 Å². The molecule has 0 aliphatic heterocycles. The van der Waals surface area contributed by atoms with Crippen molar-refractivity contribution in [2.24, 2.45) is 28.6 Å². The van der Waals surface area contributed by atoms with Gasteiger partial charge in [0, 0.05) is 23.1 Å². The van der Waals surface area contributed by atoms with Crippen LogP contribution in [-0.4, -0.2) is 16.4 Å². The predicted molar refractivity (Wildman–Crippen MR) is 89.8 cm³/mol. The zero-order valence-electron chi connectivity index (χ0n) is 13.5. The minimum Gasteiger partial charge on any atom is -0.299 e. The summed E-state index contributed by atoms with van der Waals surface area (Å²) < 4.78 is 0. The lowest BCUT2D eigenvalue weighted by molar-refractivity contribution is -0.132. The van der Waals surface area contributed by atoms with Crippen LogP contribution in [0.3, 0.4) is 0 Å². The van der Waals surface area contributed by atoms with Crippen LogP contribution < -0.4 is 0 Å². The molecule has 0 aromatic heterocycles. The van der Waals surface area contributed by atoms with E-state index in [9.17, 15) is 9.59 Å². The molecule has 3 fully saturated rings. The fourth-order valence-corrected chi connectivity index (χ4v) is 7.42. The molecular weight excluding hydrogens is 340 g/mol. The third-order valence-electron chi connectivity index (χ3n) is 7.65. The van der Waals surface area contributed by atoms with Gasteiger partial charge in [-0.1, -0.05) is 29.8 Å². The minimum atomic E-state index is -0.0596. The molecule has 0 aromatic rings. The van der Waals surface area contributed by atoms with Crippen molar-refractivity contribution in [2.45, 2.75) is 63.6 Å². The van der Waals surface area contributed by atoms with Gasteiger partial charge in [-0.3, -0.25) is 9.59 Å². The molecule has 3 saturated carbocycles. The van der Waals surface area contributed by atoms with Crippen LogP contribution >= 0.6 is 15.9 Å². The van der Waals surface area contributed by atoms with Gasteiger partial charge in [0.1, 0.15) is 5.78 Å². The summed E-state index contributed by atoms with van der Waals surface area (Å²) in [5.74, 6) is 2.67. The van der Waals surface area contributed by atoms with Crippen LogP contribution in [0.5, 0.6) is 0 Å². The molecule has 0 saturated heterocycles. The van der Waals surface area contributed by atoms with E-state index in [0.717, 1.165) is 38.5 Å². The smallest absolute Gasteiger partial charge is 0.155 e. The number of hydrogen-bond acceptors (Lipinski definition) is 2. The van der Waals surface area contributed by atoms with Crippen molar-refractivity contribution >= 4 is 27.5 Å². The first-order chi connectivity index (χ1) is 10.4. The van der Waals surface area contributed by atoms with Crippen LogP contribution in [0.1, 0.15) is 58.8 Å². The zero-order chi connectivity index (χ0) is 15.7. The highest BCUT2D eigenvalue weighted by atomic mass is 79.9. The molecule has 0 N–H and O–H groups in total. The standard InChI is InChI=1S/C19H25BrO2/c1-18-7-5-11(21)9-15(18)16(20)10-12-13-3-4-17(22)19(13,2)8-6-14(12)18/h9,12-14,16H,3-8,10H2,1-2H3/t12-,13-,14-,16-,18-,19+/m1/s1. The summed E-state index contributed by atoms with van der Waals surface area (Å²) in [5, 5.41) is 0. The second-order valence-corrected chi connectivity index (χ2v) is 9.59. The molecule has 0 amide bonds. The number of ketones is 2. The van der Waals surface area contributed by atoms with Gasteiger partial charge in [-0.25, -0.2) is 0 Å². The molecule has 4 rings (SSSR count). The molecule has 120 valence electrons. The quantitative estimate of drug-likeness (QED) is 0.594. The summed E-state index contributed by atoms with van der Waals surface area (Å²) in [5.41, 5.74) is 1.45. The van der Waals surface area contributed by atoms with Crippen molar-refractivity contribution in [1.29, 1.82) is 0 Å². The normalized spacial score (nSPS) is 51.0. The lowest BCUT2D eigenvalue weighted by Gasteiger charge is -2.58. The number of carbonyl (C=O) groups excluding carboxylic acids is 2. The molecule has 22 heavy (non-hydrogen) atoms. The molecule has 0 bridgehead atoms. The van der Waals surface area contributed by atoms with Crippen LogP contribution in [-0.2, 0) is 9.59 Å². The maximum absolute atomic E-state index is 12.4. The first-order valence-electron chi connectivity index (χ1n) is 8.78. The summed E-state index contributed by atoms with van der Waals surface area (Å²) in [6, 6.07) is 0. The van der Waals surface area contributed by atoms with E-state index >= 15 is 0 Å². The zero-order valence-corrected chi connectivity index (χ0v) is 15.1. The Labute approximate surface area is 141 Å². The van der Waals surface area contributed by atoms with Gasteiger partial charge < -0.3 is 0 Å². The Balaban J connectivity index is 1.74. The highest BCUT2D eigenvalue weighted by Crippen LogP contribution is 2.65. The Hall–Kier alpha value is -0.440. The Morgan fingerprint density at radius 1 is 1.05 bits per heavy atom. The summed E-state index contributed by atoms with van der Waals surface area (Å²) in [4.78, 5) is 24.6. The van der Waals surface area contributed by atoms with Crippen molar-refractivity contribution in [2.75, 3.05) is 0 Å². The third-order valence-corrected chi connectivity index (χ3v) is 8.51. The molecule has 0 radical (unpaired) electrons. The Kier molecular flexibility index (Phi) is 3.28. The topological polar surface area (TPSA) is 34.1 Å². The van der Waals surface area contributed by atoms with Gasteiger partial charge in [-0.05, 0) is 66.9 Å². The van der Waals surface area contributed by atoms with Gasteiger partial charge in [0.2, 0.25) is 0 Å². The number of alkyl halides is 1. The molecule has 3 heteroatoms. The second kappa shape index (κ2) is 4.78. The van der Waals surface area contributed by atoms with E-state index in [1.54, 1.807) is 0 Å². The fraction of sp³-hybridized carbons (Fsp3) is 0.789. The van der Waals surface area contributed by atoms with E-state index in [0.29, 0.717) is 40.6 Å². The number of carbonyl (C=O) groups is 2. The van der Waals surface area contributed by atoms with Crippen LogP contribution in [0, 0.1) is 28.6 Å². The first-order valence-corrected chi connectivity index (χ1v) is 9.70. The van der Waals surface area contributed by atoms with E-state index in [1.807, 2.05) is 6.08 Å². The SMILES string of the molecule is C[C@]12CCC(=O)C=C1[C@H](Br)C[C@H]1[C@H]2CC[C@]2(C)C(=O)CC[C@H]12. The summed E-state index contributed by atoms with van der Waals surface area (Å²) in [6.45, 7) is 4.61. The van der Waals surface area contributed by atoms with E-state index < -0.39 is 0 Å². The highest BCUT2D eigenvalue weighted by molar-refractivity contribution is 9.09. The Morgan fingerprint density at radius 3 is 2.55 bits per heavy atom. The molecule has 0 spiro atoms. The molecule has 6 atom stereocenters. The van der Waals surface area contributed by atoms with E-state index in [2.05, 4.69) is 29.8 Å². The van der Waals surface area contributed by atoms with Gasteiger partial charge in [-0.2, -0.15) is 0 Å². The Morgan fingerprint density at radius 2 is 1.77 bits per heavy atom. The Bertz CT molecular complexity index is 580. The van der Waals surface area contributed by atoms with Gasteiger partial charge in [0.05, 0.1) is 0 Å². The average Bonchev–Trinajstić information content (AvgIpc) is 2.77. The van der Waals surface area contributed by atoms with Crippen LogP contribution in [0.15, 0.2) is 11.6 Å². The molecule has 4 aliphatic rings. The van der Waals surface area contributed by atoms with Gasteiger partial charge in [-0.15, -0.1) is 0 Å². The van der Waals surface area contributed by atoms with Crippen LogP contribution in [0.25, 0.3) is 0 Å². The van der Waals surface area contributed by atoms with Crippen LogP contribution in [0.4, 0.5) is 0 Å². The summed E-state index contributed by atoms with van der Waals surface area (Å²) in [7, 11) is 0. The first kappa shape index (κ1) is 15.1. The number of rotatable bonds is 0. The molecular formula is C19H25BrO2. The van der Waals surface area contributed by atoms with Crippen LogP contribution in [0.2, 0.25) is 0 Å². The lowest BCUT2D eigenvalue weighted by atomic mass is 9.47. The maximum Gasteiger partial charge on any atom is 0.155 e. The van der Waals surface area contributed by atoms with Gasteiger partial charge in [0.25, 0.3) is 0 Å². The predicted octanol–water partition coefficient (Wildman–Crippen LogP) is 4.46. The maximum atomic E-state index is 12.4. The molecule has 0 aromatic carbocycles. The highest BCUT2D eigenvalue weighted by Gasteiger charge is 2.60. The van der Waals surface area contributed by atoms with Gasteiger partial charge in [0.15, 0.2) is 5.78 Å². The fourth-order valence-electron chi connectivity index (χ4n) is 6.33. The van der Waals surface area contributed by atoms with Crippen molar-refractivity contribution in [3.63, 3.8) is 0 Å². The number of fused-ring (bicyclic) bond motifs is 5. The number of halogens is 1. The number of Topliss-reactive ketones (excluding diaryl/α,β-unsaturated/α-hetero) is 1. The number of allylic oxidation sites excluding steroid dienone is 1. The largest absolute Gasteiger partial charge is 0.299 e. The van der Waals surface area contributed by atoms with E-state index in [1.165, 1.54) is 5.57 Å². The minimum absolute atomic E-state index is 0.0596. The van der Waals surface area contributed by atoms with Crippen molar-refractivity contribution < 1.29 is 9.59 Å². The second-order valence-electron chi connectivity index (χ2n) is 8.48.